The SMILES string of the molecule is N#Cc1ccc(-c2cc(-c3ccc(C(F)(F)F)cc3C#N)ccc2-n2c3ccc(C#N)cc3c3cc(C#N)ccc32)c(-n2c3ccc(C#N)cc3c3cc(C#N)ccc32)c1. The average molecular weight is 779 g/mol. The Balaban J connectivity index is 1.43. The summed E-state index contributed by atoms with van der Waals surface area (Å²) in [6.07, 6.45) is -4.67. The van der Waals surface area contributed by atoms with E-state index in [9.17, 15) is 44.7 Å². The van der Waals surface area contributed by atoms with Crippen LogP contribution in [-0.4, -0.2) is 9.13 Å². The summed E-state index contributed by atoms with van der Waals surface area (Å²) in [6.45, 7) is 0. The first-order chi connectivity index (χ1) is 29.1. The van der Waals surface area contributed by atoms with Crippen molar-refractivity contribution >= 4 is 43.6 Å². The molecule has 0 atom stereocenters. The van der Waals surface area contributed by atoms with E-state index in [2.05, 4.69) is 30.3 Å². The minimum Gasteiger partial charge on any atom is -0.309 e. The lowest BCUT2D eigenvalue weighted by atomic mass is 9.92. The van der Waals surface area contributed by atoms with Crippen LogP contribution >= 0.6 is 0 Å². The number of nitriles is 6. The van der Waals surface area contributed by atoms with Crippen molar-refractivity contribution in [3.8, 4) is 70.0 Å². The van der Waals surface area contributed by atoms with Crippen LogP contribution in [0.2, 0.25) is 0 Å². The second-order valence-corrected chi connectivity index (χ2v) is 14.0. The maximum Gasteiger partial charge on any atom is 0.416 e. The van der Waals surface area contributed by atoms with Crippen LogP contribution in [0.3, 0.4) is 0 Å². The molecule has 278 valence electrons. The lowest BCUT2D eigenvalue weighted by molar-refractivity contribution is -0.137. The van der Waals surface area contributed by atoms with Gasteiger partial charge in [-0.25, -0.2) is 0 Å². The monoisotopic (exact) mass is 778 g/mol. The Morgan fingerprint density at radius 2 is 0.783 bits per heavy atom. The van der Waals surface area contributed by atoms with Crippen LogP contribution in [0.25, 0.3) is 77.2 Å². The van der Waals surface area contributed by atoms with Crippen molar-refractivity contribution in [3.05, 3.63) is 166 Å². The molecule has 11 heteroatoms. The highest BCUT2D eigenvalue weighted by molar-refractivity contribution is 6.12. The predicted octanol–water partition coefficient (Wildman–Crippen LogP) is 11.5. The van der Waals surface area contributed by atoms with Gasteiger partial charge >= 0.3 is 6.18 Å². The summed E-state index contributed by atoms with van der Waals surface area (Å²) < 4.78 is 45.4. The van der Waals surface area contributed by atoms with Gasteiger partial charge in [0.2, 0.25) is 0 Å². The molecule has 0 saturated heterocycles. The standard InChI is InChI=1S/C49H21F3N8/c50-49(51,52)35-7-9-36(34(20-35)27-58)33-6-14-47(59-43-10-2-28(22-53)15-38(43)39-16-29(23-54)3-11-44(39)59)42(21-33)37-8-1-32(26-57)19-48(37)60-45-12-4-30(24-55)17-40(45)41-18-31(25-56)5-13-46(41)60/h1-21H. The third kappa shape index (κ3) is 5.72. The van der Waals surface area contributed by atoms with Gasteiger partial charge in [0, 0.05) is 32.7 Å². The first-order valence-electron chi connectivity index (χ1n) is 18.2. The molecule has 2 aromatic heterocycles. The summed E-state index contributed by atoms with van der Waals surface area (Å²) in [4.78, 5) is 0. The van der Waals surface area contributed by atoms with E-state index >= 15 is 0 Å². The van der Waals surface area contributed by atoms with Crippen molar-refractivity contribution in [2.45, 2.75) is 6.18 Å². The van der Waals surface area contributed by atoms with E-state index in [0.29, 0.717) is 99.5 Å². The molecule has 0 aliphatic carbocycles. The summed E-state index contributed by atoms with van der Waals surface area (Å²) in [5.74, 6) is 0. The molecule has 7 aromatic carbocycles. The summed E-state index contributed by atoms with van der Waals surface area (Å²) in [7, 11) is 0. The molecule has 0 radical (unpaired) electrons. The van der Waals surface area contributed by atoms with Gasteiger partial charge in [-0.1, -0.05) is 18.2 Å². The first-order valence-corrected chi connectivity index (χ1v) is 18.2. The average Bonchev–Trinajstić information content (AvgIpc) is 3.78. The molecule has 0 aliphatic heterocycles. The molecule has 0 fully saturated rings. The molecule has 60 heavy (non-hydrogen) atoms. The maximum atomic E-state index is 13.8. The number of fused-ring (bicyclic) bond motifs is 6. The second kappa shape index (κ2) is 13.8. The van der Waals surface area contributed by atoms with Crippen LogP contribution in [0, 0.1) is 68.0 Å². The quantitative estimate of drug-likeness (QED) is 0.173. The zero-order chi connectivity index (χ0) is 41.9. The van der Waals surface area contributed by atoms with Gasteiger partial charge in [-0.15, -0.1) is 0 Å². The number of hydrogen-bond donors (Lipinski definition) is 0. The predicted molar refractivity (Wildman–Crippen MR) is 219 cm³/mol. The van der Waals surface area contributed by atoms with Crippen LogP contribution in [-0.2, 0) is 6.18 Å². The minimum absolute atomic E-state index is 0.183. The first kappa shape index (κ1) is 36.5. The fourth-order valence-corrected chi connectivity index (χ4v) is 8.04. The van der Waals surface area contributed by atoms with Gasteiger partial charge in [0.1, 0.15) is 0 Å². The summed E-state index contributed by atoms with van der Waals surface area (Å²) >= 11 is 0. The molecule has 0 unspecified atom stereocenters. The maximum absolute atomic E-state index is 13.8. The van der Waals surface area contributed by atoms with Crippen LogP contribution < -0.4 is 0 Å². The molecule has 0 bridgehead atoms. The number of alkyl halides is 3. The number of hydrogen-bond acceptors (Lipinski definition) is 6. The summed E-state index contributed by atoms with van der Waals surface area (Å²) in [5, 5.41) is 62.6. The Hall–Kier alpha value is -9.13. The molecule has 9 rings (SSSR count). The molecule has 2 heterocycles. The number of halogens is 3. The van der Waals surface area contributed by atoms with Crippen molar-refractivity contribution in [1.29, 1.82) is 31.6 Å². The van der Waals surface area contributed by atoms with Crippen molar-refractivity contribution in [3.63, 3.8) is 0 Å². The molecule has 8 nitrogen and oxygen atoms in total. The van der Waals surface area contributed by atoms with Crippen molar-refractivity contribution in [1.82, 2.24) is 9.13 Å². The van der Waals surface area contributed by atoms with E-state index in [0.717, 1.165) is 12.1 Å². The second-order valence-electron chi connectivity index (χ2n) is 14.0. The van der Waals surface area contributed by atoms with Crippen LogP contribution in [0.15, 0.2) is 127 Å². The van der Waals surface area contributed by atoms with Gasteiger partial charge in [-0.05, 0) is 120 Å². The highest BCUT2D eigenvalue weighted by Crippen LogP contribution is 2.44. The van der Waals surface area contributed by atoms with Gasteiger partial charge in [-0.3, -0.25) is 0 Å². The molecular weight excluding hydrogens is 758 g/mol. The third-order valence-electron chi connectivity index (χ3n) is 10.7. The fourth-order valence-electron chi connectivity index (χ4n) is 8.04. The zero-order valence-corrected chi connectivity index (χ0v) is 30.8. The van der Waals surface area contributed by atoms with E-state index < -0.39 is 11.7 Å². The smallest absolute Gasteiger partial charge is 0.309 e. The van der Waals surface area contributed by atoms with Gasteiger partial charge < -0.3 is 9.13 Å². The largest absolute Gasteiger partial charge is 0.416 e. The molecular formula is C49H21F3N8. The zero-order valence-electron chi connectivity index (χ0n) is 30.8. The Labute approximate surface area is 339 Å². The summed E-state index contributed by atoms with van der Waals surface area (Å²) in [5.41, 5.74) is 6.52. The van der Waals surface area contributed by atoms with E-state index in [1.165, 1.54) is 6.07 Å². The third-order valence-corrected chi connectivity index (χ3v) is 10.7. The molecule has 0 spiro atoms. The lowest BCUT2D eigenvalue weighted by Crippen LogP contribution is -2.05. The number of benzene rings is 7. The molecule has 0 amide bonds. The van der Waals surface area contributed by atoms with Gasteiger partial charge in [0.25, 0.3) is 0 Å². The lowest BCUT2D eigenvalue weighted by Gasteiger charge is -2.20. The molecule has 0 aliphatic rings. The van der Waals surface area contributed by atoms with Crippen molar-refractivity contribution < 1.29 is 13.2 Å². The highest BCUT2D eigenvalue weighted by atomic mass is 19.4. The van der Waals surface area contributed by atoms with Gasteiger partial charge in [0.15, 0.2) is 0 Å². The highest BCUT2D eigenvalue weighted by Gasteiger charge is 2.31. The van der Waals surface area contributed by atoms with E-state index in [1.54, 1.807) is 91.0 Å². The number of rotatable bonds is 4. The minimum atomic E-state index is -4.67. The molecule has 0 N–H and O–H groups in total. The van der Waals surface area contributed by atoms with E-state index in [1.807, 2.05) is 33.4 Å². The van der Waals surface area contributed by atoms with E-state index in [-0.39, 0.29) is 11.1 Å². The molecule has 0 saturated carbocycles. The Morgan fingerprint density at radius 3 is 1.22 bits per heavy atom. The summed E-state index contributed by atoms with van der Waals surface area (Å²) in [6, 6.07) is 47.4. The van der Waals surface area contributed by atoms with E-state index in [4.69, 9.17) is 0 Å². The van der Waals surface area contributed by atoms with Crippen LogP contribution in [0.5, 0.6) is 0 Å². The number of aromatic nitrogens is 2. The molecule has 9 aromatic rings. The Morgan fingerprint density at radius 1 is 0.367 bits per heavy atom. The topological polar surface area (TPSA) is 153 Å². The fraction of sp³-hybridized carbons (Fsp3) is 0.0204. The van der Waals surface area contributed by atoms with Gasteiger partial charge in [-0.2, -0.15) is 44.7 Å². The van der Waals surface area contributed by atoms with Crippen molar-refractivity contribution in [2.24, 2.45) is 0 Å². The number of nitrogens with zero attached hydrogens (tertiary/aromatic N) is 8. The Kier molecular flexibility index (Phi) is 8.40. The normalized spacial score (nSPS) is 11.2. The van der Waals surface area contributed by atoms with Crippen LogP contribution in [0.1, 0.15) is 38.9 Å². The van der Waals surface area contributed by atoms with Crippen LogP contribution in [0.4, 0.5) is 13.2 Å². The van der Waals surface area contributed by atoms with Crippen molar-refractivity contribution in [2.75, 3.05) is 0 Å². The Bertz CT molecular complexity index is 3480. The van der Waals surface area contributed by atoms with Gasteiger partial charge in [0.05, 0.1) is 109 Å².